The third-order valence-corrected chi connectivity index (χ3v) is 11.0. The summed E-state index contributed by atoms with van der Waals surface area (Å²) in [5.41, 5.74) is 1.46. The summed E-state index contributed by atoms with van der Waals surface area (Å²) in [7, 11) is 3.22. The van der Waals surface area contributed by atoms with Crippen molar-refractivity contribution in [2.75, 3.05) is 47.0 Å². The lowest BCUT2D eigenvalue weighted by atomic mass is 9.82. The number of fused-ring (bicyclic) bond motifs is 1. The molecule has 2 heterocycles. The summed E-state index contributed by atoms with van der Waals surface area (Å²) in [6, 6.07) is 18.6. The van der Waals surface area contributed by atoms with Gasteiger partial charge in [-0.05, 0) is 105 Å². The summed E-state index contributed by atoms with van der Waals surface area (Å²) in [5.74, 6) is 3.45. The van der Waals surface area contributed by atoms with E-state index in [1.54, 1.807) is 20.3 Å². The average Bonchev–Trinajstić information content (AvgIpc) is 3.89. The van der Waals surface area contributed by atoms with Gasteiger partial charge < -0.3 is 19.1 Å². The minimum atomic E-state index is -0.0633. The lowest BCUT2D eigenvalue weighted by Gasteiger charge is -2.47. The number of hydrogen-bond acceptors (Lipinski definition) is 7. The zero-order valence-electron chi connectivity index (χ0n) is 27.4. The van der Waals surface area contributed by atoms with Gasteiger partial charge in [0.15, 0.2) is 11.6 Å². The van der Waals surface area contributed by atoms with Gasteiger partial charge in [0, 0.05) is 55.2 Å². The van der Waals surface area contributed by atoms with Crippen molar-refractivity contribution >= 4 is 22.3 Å². The van der Waals surface area contributed by atoms with Crippen molar-refractivity contribution in [3.63, 3.8) is 0 Å². The maximum atomic E-state index is 13.7. The molecule has 3 aromatic carbocycles. The summed E-state index contributed by atoms with van der Waals surface area (Å²) < 4.78 is 17.3. The first-order valence-electron chi connectivity index (χ1n) is 17.4. The molecule has 0 radical (unpaired) electrons. The van der Waals surface area contributed by atoms with Crippen LogP contribution in [0.25, 0.3) is 10.8 Å². The number of ether oxygens (including phenoxy) is 3. The van der Waals surface area contributed by atoms with Crippen LogP contribution in [0.15, 0.2) is 54.6 Å². The van der Waals surface area contributed by atoms with Crippen LogP contribution in [0.5, 0.6) is 17.2 Å². The maximum absolute atomic E-state index is 13.7. The number of Topliss-reactive ketones (excluding diaryl/α,β-unsaturated/α-hetero) is 2. The zero-order chi connectivity index (χ0) is 31.6. The van der Waals surface area contributed by atoms with Gasteiger partial charge in [-0.3, -0.25) is 14.5 Å². The molecule has 3 atom stereocenters. The Morgan fingerprint density at radius 3 is 2.28 bits per heavy atom. The number of methoxy groups -OCH3 is 2. The summed E-state index contributed by atoms with van der Waals surface area (Å²) in [5, 5.41) is 2.17. The Bertz CT molecular complexity index is 1560. The van der Waals surface area contributed by atoms with Gasteiger partial charge in [0.25, 0.3) is 0 Å². The number of ketones is 2. The second kappa shape index (κ2) is 13.7. The van der Waals surface area contributed by atoms with Crippen molar-refractivity contribution in [1.29, 1.82) is 0 Å². The van der Waals surface area contributed by atoms with Crippen LogP contribution < -0.4 is 14.2 Å². The number of carbonyl (C=O) groups excluding carboxylic acids is 2. The number of benzene rings is 3. The van der Waals surface area contributed by atoms with E-state index >= 15 is 0 Å². The van der Waals surface area contributed by atoms with Crippen LogP contribution in [0.2, 0.25) is 0 Å². The van der Waals surface area contributed by atoms with Crippen molar-refractivity contribution in [2.24, 2.45) is 17.8 Å². The standard InChI is InChI=1S/C39H48N2O5/c1-44-34-16-17-36(37(21-34)45-2)39(43)31-12-14-33(41(24-31)32-6-3-7-32)25-46-35-15-13-27-19-29(11-10-28(27)20-35)38(42)30-5-4-18-40(23-30)22-26-8-9-26/h10-11,13,15-17,19-21,26,30-33H,3-9,12,14,18,22-25H2,1-2H3/t30-,31-,33?/m0/s1. The van der Waals surface area contributed by atoms with E-state index in [2.05, 4.69) is 34.1 Å². The lowest BCUT2D eigenvalue weighted by Crippen LogP contribution is -2.54. The second-order valence-corrected chi connectivity index (χ2v) is 14.1. The molecule has 1 unspecified atom stereocenters. The predicted molar refractivity (Wildman–Crippen MR) is 180 cm³/mol. The summed E-state index contributed by atoms with van der Waals surface area (Å²) in [4.78, 5) is 32.2. The van der Waals surface area contributed by atoms with E-state index in [9.17, 15) is 9.59 Å². The molecule has 4 fully saturated rings. The Hall–Kier alpha value is -3.42. The Balaban J connectivity index is 0.984. The first-order valence-corrected chi connectivity index (χ1v) is 17.4. The molecule has 2 aliphatic heterocycles. The quantitative estimate of drug-likeness (QED) is 0.200. The molecular formula is C39H48N2O5. The number of nitrogens with zero attached hydrogens (tertiary/aromatic N) is 2. The van der Waals surface area contributed by atoms with E-state index in [1.807, 2.05) is 24.3 Å². The van der Waals surface area contributed by atoms with E-state index in [-0.39, 0.29) is 23.7 Å². The van der Waals surface area contributed by atoms with Gasteiger partial charge in [0.1, 0.15) is 23.9 Å². The van der Waals surface area contributed by atoms with Gasteiger partial charge >= 0.3 is 0 Å². The van der Waals surface area contributed by atoms with Gasteiger partial charge in [-0.25, -0.2) is 0 Å². The van der Waals surface area contributed by atoms with Gasteiger partial charge in [0.2, 0.25) is 0 Å². The fourth-order valence-corrected chi connectivity index (χ4v) is 7.83. The zero-order valence-corrected chi connectivity index (χ0v) is 27.4. The van der Waals surface area contributed by atoms with E-state index in [0.29, 0.717) is 35.5 Å². The highest BCUT2D eigenvalue weighted by molar-refractivity contribution is 6.02. The molecule has 0 amide bonds. The first kappa shape index (κ1) is 31.2. The highest BCUT2D eigenvalue weighted by Gasteiger charge is 2.39. The molecule has 7 heteroatoms. The van der Waals surface area contributed by atoms with Crippen LogP contribution in [0.4, 0.5) is 0 Å². The molecule has 0 bridgehead atoms. The Kier molecular flexibility index (Phi) is 9.32. The Morgan fingerprint density at radius 1 is 0.739 bits per heavy atom. The first-order chi connectivity index (χ1) is 22.5. The lowest BCUT2D eigenvalue weighted by molar-refractivity contribution is 0.00847. The van der Waals surface area contributed by atoms with Gasteiger partial charge in [-0.1, -0.05) is 24.6 Å². The minimum absolute atomic E-state index is 0.0633. The Labute approximate surface area is 273 Å². The highest BCUT2D eigenvalue weighted by atomic mass is 16.5. The van der Waals surface area contributed by atoms with Gasteiger partial charge in [-0.15, -0.1) is 0 Å². The molecule has 7 nitrogen and oxygen atoms in total. The van der Waals surface area contributed by atoms with Crippen molar-refractivity contribution in [3.05, 3.63) is 65.7 Å². The number of rotatable bonds is 12. The Morgan fingerprint density at radius 2 is 1.52 bits per heavy atom. The molecule has 4 aliphatic rings. The highest BCUT2D eigenvalue weighted by Crippen LogP contribution is 2.36. The van der Waals surface area contributed by atoms with Crippen LogP contribution >= 0.6 is 0 Å². The molecule has 0 aromatic heterocycles. The van der Waals surface area contributed by atoms with Crippen LogP contribution in [0, 0.1) is 17.8 Å². The molecule has 3 aromatic rings. The summed E-state index contributed by atoms with van der Waals surface area (Å²) in [6.45, 7) is 4.56. The smallest absolute Gasteiger partial charge is 0.170 e. The average molecular weight is 625 g/mol. The predicted octanol–water partition coefficient (Wildman–Crippen LogP) is 7.06. The van der Waals surface area contributed by atoms with E-state index in [0.717, 1.165) is 73.3 Å². The number of hydrogen-bond donors (Lipinski definition) is 0. The molecule has 2 saturated heterocycles. The van der Waals surface area contributed by atoms with E-state index < -0.39 is 0 Å². The summed E-state index contributed by atoms with van der Waals surface area (Å²) >= 11 is 0. The number of carbonyl (C=O) groups is 2. The molecule has 7 rings (SSSR count). The van der Waals surface area contributed by atoms with Crippen molar-refractivity contribution in [2.45, 2.75) is 69.9 Å². The third-order valence-electron chi connectivity index (χ3n) is 11.0. The largest absolute Gasteiger partial charge is 0.497 e. The van der Waals surface area contributed by atoms with Crippen LogP contribution in [0.1, 0.15) is 78.5 Å². The SMILES string of the molecule is COc1ccc(C(=O)[C@H]2CCC(COc3ccc4cc(C(=O)[C@H]5CCCN(CC6CC6)C5)ccc4c3)N(C3CCC3)C2)c(OC)c1. The van der Waals surface area contributed by atoms with Gasteiger partial charge in [-0.2, -0.15) is 0 Å². The van der Waals surface area contributed by atoms with Crippen LogP contribution in [0.3, 0.4) is 0 Å². The molecule has 2 aliphatic carbocycles. The van der Waals surface area contributed by atoms with Crippen LogP contribution in [-0.2, 0) is 0 Å². The van der Waals surface area contributed by atoms with E-state index in [1.165, 1.54) is 38.6 Å². The molecule has 0 spiro atoms. The molecule has 46 heavy (non-hydrogen) atoms. The van der Waals surface area contributed by atoms with Crippen molar-refractivity contribution in [3.8, 4) is 17.2 Å². The molecular weight excluding hydrogens is 576 g/mol. The topological polar surface area (TPSA) is 68.3 Å². The summed E-state index contributed by atoms with van der Waals surface area (Å²) in [6.07, 6.45) is 10.2. The van der Waals surface area contributed by atoms with Crippen LogP contribution in [-0.4, -0.2) is 80.5 Å². The molecule has 0 N–H and O–H groups in total. The fraction of sp³-hybridized carbons (Fsp3) is 0.538. The molecule has 2 saturated carbocycles. The third kappa shape index (κ3) is 6.82. The second-order valence-electron chi connectivity index (χ2n) is 14.1. The molecule has 244 valence electrons. The van der Waals surface area contributed by atoms with Gasteiger partial charge in [0.05, 0.1) is 19.8 Å². The maximum Gasteiger partial charge on any atom is 0.170 e. The minimum Gasteiger partial charge on any atom is -0.497 e. The number of piperidine rings is 2. The normalized spacial score (nSPS) is 24.3. The van der Waals surface area contributed by atoms with Crippen molar-refractivity contribution < 1.29 is 23.8 Å². The monoisotopic (exact) mass is 624 g/mol. The van der Waals surface area contributed by atoms with E-state index in [4.69, 9.17) is 14.2 Å². The number of likely N-dealkylation sites (tertiary alicyclic amines) is 2. The van der Waals surface area contributed by atoms with Crippen molar-refractivity contribution in [1.82, 2.24) is 9.80 Å². The fourth-order valence-electron chi connectivity index (χ4n) is 7.83.